The van der Waals surface area contributed by atoms with E-state index in [0.29, 0.717) is 10.6 Å². The lowest BCUT2D eigenvalue weighted by Gasteiger charge is -2.25. The van der Waals surface area contributed by atoms with Gasteiger partial charge < -0.3 is 16.0 Å². The Labute approximate surface area is 186 Å². The van der Waals surface area contributed by atoms with Crippen molar-refractivity contribution in [3.05, 3.63) is 58.6 Å². The summed E-state index contributed by atoms with van der Waals surface area (Å²) in [7, 11) is 0. The molecule has 0 amide bonds. The van der Waals surface area contributed by atoms with Crippen molar-refractivity contribution in [3.63, 3.8) is 0 Å². The molecule has 1 atom stereocenters. The molecule has 0 saturated carbocycles. The van der Waals surface area contributed by atoms with Crippen LogP contribution >= 0.6 is 11.6 Å². The summed E-state index contributed by atoms with van der Waals surface area (Å²) >= 11 is 6.52. The van der Waals surface area contributed by atoms with Crippen molar-refractivity contribution in [2.24, 2.45) is 5.73 Å². The molecule has 0 spiro atoms. The summed E-state index contributed by atoms with van der Waals surface area (Å²) < 4.78 is 0. The standard InChI is InChI=1S/C24H23ClN6/c1-2-29-21-7-16(25)6-19-18(21)8-22-23(19)24(31-4-3-17(27)13-31)20(12-30-22)15-5-14(9-26)10-28-11-15/h5-7,10-12,17,29H,2-4,8,13,27H2,1H3. The van der Waals surface area contributed by atoms with E-state index in [4.69, 9.17) is 22.3 Å². The summed E-state index contributed by atoms with van der Waals surface area (Å²) in [5.74, 6) is 0. The average Bonchev–Trinajstić information content (AvgIpc) is 3.37. The predicted octanol–water partition coefficient (Wildman–Crippen LogP) is 4.21. The van der Waals surface area contributed by atoms with E-state index in [-0.39, 0.29) is 6.04 Å². The maximum Gasteiger partial charge on any atom is 0.101 e. The Morgan fingerprint density at radius 1 is 1.26 bits per heavy atom. The molecule has 5 rings (SSSR count). The van der Waals surface area contributed by atoms with Crippen LogP contribution in [-0.4, -0.2) is 35.6 Å². The van der Waals surface area contributed by atoms with E-state index in [2.05, 4.69) is 28.2 Å². The van der Waals surface area contributed by atoms with Gasteiger partial charge in [-0.25, -0.2) is 0 Å². The number of pyridine rings is 2. The molecule has 0 radical (unpaired) electrons. The van der Waals surface area contributed by atoms with Crippen molar-refractivity contribution in [3.8, 4) is 28.3 Å². The van der Waals surface area contributed by atoms with Crippen molar-refractivity contribution in [2.45, 2.75) is 25.8 Å². The molecular weight excluding hydrogens is 408 g/mol. The Kier molecular flexibility index (Phi) is 5.01. The summed E-state index contributed by atoms with van der Waals surface area (Å²) in [6.07, 6.45) is 6.98. The number of rotatable bonds is 4. The lowest BCUT2D eigenvalue weighted by Crippen LogP contribution is -2.27. The van der Waals surface area contributed by atoms with E-state index in [1.54, 1.807) is 12.4 Å². The van der Waals surface area contributed by atoms with E-state index in [1.165, 1.54) is 5.56 Å². The minimum atomic E-state index is 0.137. The monoisotopic (exact) mass is 430 g/mol. The number of aromatic nitrogens is 2. The van der Waals surface area contributed by atoms with Crippen LogP contribution in [0.15, 0.2) is 36.8 Å². The maximum absolute atomic E-state index is 9.37. The molecule has 1 aliphatic heterocycles. The third-order valence-electron chi connectivity index (χ3n) is 6.04. The first kappa shape index (κ1) is 19.8. The summed E-state index contributed by atoms with van der Waals surface area (Å²) in [5.41, 5.74) is 15.3. The van der Waals surface area contributed by atoms with Gasteiger partial charge in [0.1, 0.15) is 6.07 Å². The first-order valence-electron chi connectivity index (χ1n) is 10.5. The predicted molar refractivity (Wildman–Crippen MR) is 124 cm³/mol. The van der Waals surface area contributed by atoms with E-state index in [0.717, 1.165) is 71.8 Å². The summed E-state index contributed by atoms with van der Waals surface area (Å²) in [5, 5.41) is 13.5. The molecule has 1 unspecified atom stereocenters. The smallest absolute Gasteiger partial charge is 0.101 e. The number of nitrogens with one attached hydrogen (secondary N) is 1. The number of nitrogens with zero attached hydrogens (tertiary/aromatic N) is 4. The van der Waals surface area contributed by atoms with Gasteiger partial charge in [-0.3, -0.25) is 9.97 Å². The molecule has 1 saturated heterocycles. The van der Waals surface area contributed by atoms with E-state index < -0.39 is 0 Å². The zero-order valence-corrected chi connectivity index (χ0v) is 18.1. The van der Waals surface area contributed by atoms with Gasteiger partial charge in [0.25, 0.3) is 0 Å². The van der Waals surface area contributed by atoms with Crippen molar-refractivity contribution in [2.75, 3.05) is 29.9 Å². The lowest BCUT2D eigenvalue weighted by molar-refractivity contribution is 0.752. The zero-order valence-electron chi connectivity index (χ0n) is 17.3. The summed E-state index contributed by atoms with van der Waals surface area (Å²) in [6, 6.07) is 8.22. The van der Waals surface area contributed by atoms with Crippen molar-refractivity contribution in [1.82, 2.24) is 9.97 Å². The SMILES string of the molecule is CCNc1cc(Cl)cc2c1Cc1ncc(-c3cncc(C#N)c3)c(N3CCC(N)C3)c1-2. The van der Waals surface area contributed by atoms with Crippen LogP contribution in [-0.2, 0) is 6.42 Å². The van der Waals surface area contributed by atoms with Crippen molar-refractivity contribution < 1.29 is 0 Å². The largest absolute Gasteiger partial charge is 0.385 e. The van der Waals surface area contributed by atoms with Crippen LogP contribution in [0.2, 0.25) is 5.02 Å². The lowest BCUT2D eigenvalue weighted by atomic mass is 9.97. The zero-order chi connectivity index (χ0) is 21.5. The molecule has 2 aromatic heterocycles. The topological polar surface area (TPSA) is 90.9 Å². The number of halogens is 1. The first-order valence-corrected chi connectivity index (χ1v) is 10.9. The molecule has 31 heavy (non-hydrogen) atoms. The Balaban J connectivity index is 1.77. The Morgan fingerprint density at radius 3 is 2.87 bits per heavy atom. The second-order valence-corrected chi connectivity index (χ2v) is 8.53. The van der Waals surface area contributed by atoms with Gasteiger partial charge in [-0.15, -0.1) is 0 Å². The van der Waals surface area contributed by atoms with Gasteiger partial charge in [0.05, 0.1) is 16.9 Å². The number of fused-ring (bicyclic) bond motifs is 3. The fourth-order valence-electron chi connectivity index (χ4n) is 4.70. The minimum Gasteiger partial charge on any atom is -0.385 e. The summed E-state index contributed by atoms with van der Waals surface area (Å²) in [6.45, 7) is 4.57. The molecule has 3 aromatic rings. The molecule has 7 heteroatoms. The summed E-state index contributed by atoms with van der Waals surface area (Å²) in [4.78, 5) is 11.5. The van der Waals surface area contributed by atoms with Crippen LogP contribution in [0.3, 0.4) is 0 Å². The van der Waals surface area contributed by atoms with Crippen LogP contribution in [0, 0.1) is 11.3 Å². The second-order valence-electron chi connectivity index (χ2n) is 8.10. The highest BCUT2D eigenvalue weighted by Crippen LogP contribution is 2.49. The van der Waals surface area contributed by atoms with Gasteiger partial charge in [-0.2, -0.15) is 5.26 Å². The number of benzene rings is 1. The average molecular weight is 431 g/mol. The van der Waals surface area contributed by atoms with Crippen LogP contribution < -0.4 is 16.0 Å². The Hall–Kier alpha value is -3.14. The third-order valence-corrected chi connectivity index (χ3v) is 6.26. The number of anilines is 2. The molecule has 6 nitrogen and oxygen atoms in total. The van der Waals surface area contributed by atoms with Crippen LogP contribution in [0.1, 0.15) is 30.2 Å². The molecule has 1 aromatic carbocycles. The molecule has 2 aliphatic rings. The quantitative estimate of drug-likeness (QED) is 0.504. The van der Waals surface area contributed by atoms with Gasteiger partial charge in [0, 0.05) is 78.1 Å². The van der Waals surface area contributed by atoms with E-state index in [1.807, 2.05) is 24.4 Å². The molecule has 3 heterocycles. The highest BCUT2D eigenvalue weighted by Gasteiger charge is 2.32. The van der Waals surface area contributed by atoms with Crippen LogP contribution in [0.25, 0.3) is 22.3 Å². The normalized spacial score (nSPS) is 16.7. The number of nitriles is 1. The Morgan fingerprint density at radius 2 is 2.13 bits per heavy atom. The molecule has 3 N–H and O–H groups in total. The molecular formula is C24H23ClN6. The van der Waals surface area contributed by atoms with Crippen LogP contribution in [0.4, 0.5) is 11.4 Å². The van der Waals surface area contributed by atoms with E-state index >= 15 is 0 Å². The van der Waals surface area contributed by atoms with Gasteiger partial charge in [-0.1, -0.05) is 11.6 Å². The highest BCUT2D eigenvalue weighted by molar-refractivity contribution is 6.31. The minimum absolute atomic E-state index is 0.137. The molecule has 1 fully saturated rings. The van der Waals surface area contributed by atoms with Crippen LogP contribution in [0.5, 0.6) is 0 Å². The molecule has 0 bridgehead atoms. The number of hydrogen-bond acceptors (Lipinski definition) is 6. The number of hydrogen-bond donors (Lipinski definition) is 2. The van der Waals surface area contributed by atoms with Gasteiger partial charge in [-0.05, 0) is 42.7 Å². The number of nitrogens with two attached hydrogens (primary N) is 1. The fourth-order valence-corrected chi connectivity index (χ4v) is 4.92. The first-order chi connectivity index (χ1) is 15.1. The van der Waals surface area contributed by atoms with Gasteiger partial charge in [0.2, 0.25) is 0 Å². The van der Waals surface area contributed by atoms with Gasteiger partial charge >= 0.3 is 0 Å². The fraction of sp³-hybridized carbons (Fsp3) is 0.292. The second kappa shape index (κ2) is 7.84. The van der Waals surface area contributed by atoms with Crippen molar-refractivity contribution in [1.29, 1.82) is 5.26 Å². The third kappa shape index (κ3) is 3.40. The van der Waals surface area contributed by atoms with Gasteiger partial charge in [0.15, 0.2) is 0 Å². The molecule has 156 valence electrons. The maximum atomic E-state index is 9.37. The molecule has 1 aliphatic carbocycles. The van der Waals surface area contributed by atoms with Crippen molar-refractivity contribution >= 4 is 23.0 Å². The highest BCUT2D eigenvalue weighted by atomic mass is 35.5. The van der Waals surface area contributed by atoms with E-state index in [9.17, 15) is 5.26 Å². The Bertz CT molecular complexity index is 1220.